The van der Waals surface area contributed by atoms with E-state index in [1.807, 2.05) is 13.8 Å². The van der Waals surface area contributed by atoms with Crippen LogP contribution in [0.4, 0.5) is 4.79 Å². The Balaban J connectivity index is 2.30. The van der Waals surface area contributed by atoms with Gasteiger partial charge in [-0.3, -0.25) is 19.3 Å². The first-order valence-corrected chi connectivity index (χ1v) is 5.89. The Morgan fingerprint density at radius 2 is 2.19 bits per heavy atom. The van der Waals surface area contributed by atoms with Gasteiger partial charge in [0.25, 0.3) is 5.24 Å². The van der Waals surface area contributed by atoms with Gasteiger partial charge in [0, 0.05) is 19.2 Å². The Kier molecular flexibility index (Phi) is 4.54. The molecule has 1 aliphatic heterocycles. The van der Waals surface area contributed by atoms with Crippen LogP contribution in [0.25, 0.3) is 0 Å². The highest BCUT2D eigenvalue weighted by Crippen LogP contribution is 2.17. The van der Waals surface area contributed by atoms with E-state index in [4.69, 9.17) is 0 Å². The molecule has 3 amide bonds. The minimum Gasteiger partial charge on any atom is -0.351 e. The zero-order valence-electron chi connectivity index (χ0n) is 9.28. The van der Waals surface area contributed by atoms with E-state index < -0.39 is 0 Å². The monoisotopic (exact) mass is 242 g/mol. The van der Waals surface area contributed by atoms with Gasteiger partial charge < -0.3 is 5.32 Å². The van der Waals surface area contributed by atoms with Crippen LogP contribution in [0.15, 0.2) is 11.6 Å². The number of carbonyl (C=O) groups is 3. The molecule has 0 atom stereocenters. The first kappa shape index (κ1) is 12.8. The van der Waals surface area contributed by atoms with Crippen LogP contribution in [-0.2, 0) is 9.59 Å². The van der Waals surface area contributed by atoms with E-state index in [1.165, 1.54) is 6.08 Å². The van der Waals surface area contributed by atoms with Crippen LogP contribution >= 0.6 is 11.8 Å². The Labute approximate surface area is 98.2 Å². The van der Waals surface area contributed by atoms with E-state index in [-0.39, 0.29) is 29.4 Å². The summed E-state index contributed by atoms with van der Waals surface area (Å²) in [6.45, 7) is 4.18. The fourth-order valence-electron chi connectivity index (χ4n) is 1.20. The molecule has 0 aliphatic carbocycles. The van der Waals surface area contributed by atoms with Gasteiger partial charge in [0.05, 0.1) is 5.75 Å². The van der Waals surface area contributed by atoms with E-state index in [9.17, 15) is 14.4 Å². The highest BCUT2D eigenvalue weighted by atomic mass is 32.2. The van der Waals surface area contributed by atoms with Crippen LogP contribution in [-0.4, -0.2) is 40.8 Å². The van der Waals surface area contributed by atoms with Gasteiger partial charge in [-0.15, -0.1) is 0 Å². The number of hydrogen-bond donors (Lipinski definition) is 1. The lowest BCUT2D eigenvalue weighted by atomic mass is 10.3. The maximum absolute atomic E-state index is 11.2. The molecule has 5 nitrogen and oxygen atoms in total. The van der Waals surface area contributed by atoms with Crippen molar-refractivity contribution in [1.29, 1.82) is 0 Å². The van der Waals surface area contributed by atoms with Crippen molar-refractivity contribution in [3.05, 3.63) is 11.6 Å². The lowest BCUT2D eigenvalue weighted by molar-refractivity contribution is -0.125. The molecule has 1 heterocycles. The highest BCUT2D eigenvalue weighted by molar-refractivity contribution is 8.14. The molecule has 0 spiro atoms. The van der Waals surface area contributed by atoms with Crippen molar-refractivity contribution < 1.29 is 14.4 Å². The third kappa shape index (κ3) is 3.69. The molecule has 1 aliphatic rings. The third-order valence-corrected chi connectivity index (χ3v) is 2.75. The molecule has 1 saturated heterocycles. The number of rotatable bonds is 4. The molecule has 0 aromatic rings. The van der Waals surface area contributed by atoms with Crippen molar-refractivity contribution in [2.24, 2.45) is 0 Å². The summed E-state index contributed by atoms with van der Waals surface area (Å²) >= 11 is 0.996. The number of imide groups is 1. The minimum atomic E-state index is -0.235. The van der Waals surface area contributed by atoms with Gasteiger partial charge in [-0.05, 0) is 13.8 Å². The predicted octanol–water partition coefficient (Wildman–Crippen LogP) is 0.764. The Hall–Kier alpha value is -1.30. The normalized spacial score (nSPS) is 15.2. The standard InChI is InChI=1S/C10H14N2O3S/c1-7(2)5-8(13)11-3-4-12-9(14)6-16-10(12)15/h5H,3-4,6H2,1-2H3,(H,11,13). The molecule has 1 rings (SSSR count). The molecule has 88 valence electrons. The number of nitrogens with zero attached hydrogens (tertiary/aromatic N) is 1. The topological polar surface area (TPSA) is 66.5 Å². The van der Waals surface area contributed by atoms with Crippen molar-refractivity contribution in [3.8, 4) is 0 Å². The minimum absolute atomic E-state index is 0.188. The number of amides is 3. The molecule has 0 bridgehead atoms. The van der Waals surface area contributed by atoms with Crippen LogP contribution < -0.4 is 5.32 Å². The molecule has 0 unspecified atom stereocenters. The maximum Gasteiger partial charge on any atom is 0.288 e. The molecule has 0 aromatic heterocycles. The fourth-order valence-corrected chi connectivity index (χ4v) is 1.95. The molecule has 16 heavy (non-hydrogen) atoms. The lowest BCUT2D eigenvalue weighted by Crippen LogP contribution is -2.37. The highest BCUT2D eigenvalue weighted by Gasteiger charge is 2.29. The first-order chi connectivity index (χ1) is 7.50. The fraction of sp³-hybridized carbons (Fsp3) is 0.500. The van der Waals surface area contributed by atoms with Crippen molar-refractivity contribution in [2.45, 2.75) is 13.8 Å². The van der Waals surface area contributed by atoms with Crippen molar-refractivity contribution in [3.63, 3.8) is 0 Å². The largest absolute Gasteiger partial charge is 0.351 e. The molecule has 0 radical (unpaired) electrons. The summed E-state index contributed by atoms with van der Waals surface area (Å²) in [7, 11) is 0. The van der Waals surface area contributed by atoms with Crippen LogP contribution in [0.3, 0.4) is 0 Å². The number of hydrogen-bond acceptors (Lipinski definition) is 4. The number of carbonyl (C=O) groups excluding carboxylic acids is 3. The second kappa shape index (κ2) is 5.69. The summed E-state index contributed by atoms with van der Waals surface area (Å²) in [5.41, 5.74) is 0.904. The van der Waals surface area contributed by atoms with E-state index in [1.54, 1.807) is 0 Å². The third-order valence-electron chi connectivity index (χ3n) is 1.89. The number of nitrogens with one attached hydrogen (secondary N) is 1. The van der Waals surface area contributed by atoms with Gasteiger partial charge in [-0.25, -0.2) is 0 Å². The van der Waals surface area contributed by atoms with Gasteiger partial charge in [-0.2, -0.15) is 0 Å². The van der Waals surface area contributed by atoms with Gasteiger partial charge in [0.2, 0.25) is 11.8 Å². The van der Waals surface area contributed by atoms with Gasteiger partial charge in [0.15, 0.2) is 0 Å². The van der Waals surface area contributed by atoms with Crippen LogP contribution in [0.1, 0.15) is 13.8 Å². The molecule has 1 N–H and O–H groups in total. The molecule has 0 aromatic carbocycles. The summed E-state index contributed by atoms with van der Waals surface area (Å²) < 4.78 is 0. The SMILES string of the molecule is CC(C)=CC(=O)NCCN1C(=O)CSC1=O. The second-order valence-electron chi connectivity index (χ2n) is 3.61. The average molecular weight is 242 g/mol. The average Bonchev–Trinajstić information content (AvgIpc) is 2.47. The quantitative estimate of drug-likeness (QED) is 0.739. The molecular weight excluding hydrogens is 228 g/mol. The molecule has 6 heteroatoms. The van der Waals surface area contributed by atoms with Gasteiger partial charge >= 0.3 is 0 Å². The summed E-state index contributed by atoms with van der Waals surface area (Å²) in [6, 6.07) is 0. The Morgan fingerprint density at radius 3 is 2.69 bits per heavy atom. The number of allylic oxidation sites excluding steroid dienone is 1. The van der Waals surface area contributed by atoms with E-state index in [2.05, 4.69) is 5.32 Å². The van der Waals surface area contributed by atoms with E-state index in [0.29, 0.717) is 6.54 Å². The van der Waals surface area contributed by atoms with Gasteiger partial charge in [-0.1, -0.05) is 17.3 Å². The first-order valence-electron chi connectivity index (χ1n) is 4.90. The summed E-state index contributed by atoms with van der Waals surface area (Å²) in [5.74, 6) is -0.181. The lowest BCUT2D eigenvalue weighted by Gasteiger charge is -2.12. The van der Waals surface area contributed by atoms with E-state index >= 15 is 0 Å². The van der Waals surface area contributed by atoms with Crippen molar-refractivity contribution in [2.75, 3.05) is 18.8 Å². The maximum atomic E-state index is 11.2. The van der Waals surface area contributed by atoms with Crippen LogP contribution in [0.2, 0.25) is 0 Å². The zero-order valence-corrected chi connectivity index (χ0v) is 10.1. The molecular formula is C10H14N2O3S. The predicted molar refractivity (Wildman–Crippen MR) is 62.0 cm³/mol. The molecule has 0 saturated carbocycles. The smallest absolute Gasteiger partial charge is 0.288 e. The Morgan fingerprint density at radius 1 is 1.50 bits per heavy atom. The zero-order chi connectivity index (χ0) is 12.1. The Bertz CT molecular complexity index is 332. The summed E-state index contributed by atoms with van der Waals surface area (Å²) in [6.07, 6.45) is 1.47. The second-order valence-corrected chi connectivity index (χ2v) is 4.54. The van der Waals surface area contributed by atoms with Crippen LogP contribution in [0, 0.1) is 0 Å². The van der Waals surface area contributed by atoms with Crippen molar-refractivity contribution >= 4 is 28.8 Å². The van der Waals surface area contributed by atoms with Gasteiger partial charge in [0.1, 0.15) is 0 Å². The number of thioether (sulfide) groups is 1. The van der Waals surface area contributed by atoms with E-state index in [0.717, 1.165) is 22.2 Å². The molecule has 1 fully saturated rings. The summed E-state index contributed by atoms with van der Waals surface area (Å²) in [5, 5.41) is 2.38. The van der Waals surface area contributed by atoms with Crippen molar-refractivity contribution in [1.82, 2.24) is 10.2 Å². The summed E-state index contributed by atoms with van der Waals surface area (Å²) in [4.78, 5) is 34.7. The van der Waals surface area contributed by atoms with Crippen LogP contribution in [0.5, 0.6) is 0 Å².